The van der Waals surface area contributed by atoms with Crippen LogP contribution in [0.2, 0.25) is 0 Å². The Bertz CT molecular complexity index is 3660. The van der Waals surface area contributed by atoms with Crippen LogP contribution in [-0.4, -0.2) is 0 Å². The van der Waals surface area contributed by atoms with Crippen molar-refractivity contribution in [1.82, 2.24) is 0 Å². The topological polar surface area (TPSA) is 19.6 Å². The lowest BCUT2D eigenvalue weighted by molar-refractivity contribution is 0.673. The monoisotopic (exact) mass is 856 g/mol. The summed E-state index contributed by atoms with van der Waals surface area (Å²) in [5.74, 6) is 0. The fourth-order valence-corrected chi connectivity index (χ4v) is 9.69. The first-order valence-electron chi connectivity index (χ1n) is 22.8. The molecule has 0 aliphatic rings. The minimum atomic E-state index is 0.793. The van der Waals surface area contributed by atoms with Gasteiger partial charge in [-0.05, 0) is 99.4 Å². The van der Waals surface area contributed by atoms with E-state index < -0.39 is 0 Å². The molecule has 0 unspecified atom stereocenters. The fraction of sp³-hybridized carbons (Fsp3) is 0. The Morgan fingerprint density at radius 2 is 0.716 bits per heavy atom. The summed E-state index contributed by atoms with van der Waals surface area (Å²) in [6.07, 6.45) is 0. The zero-order valence-electron chi connectivity index (χ0n) is 36.7. The number of benzene rings is 11. The summed E-state index contributed by atoms with van der Waals surface area (Å²) in [5, 5.41) is 4.27. The normalized spacial score (nSPS) is 11.3. The molecule has 0 bridgehead atoms. The lowest BCUT2D eigenvalue weighted by atomic mass is 9.95. The van der Waals surface area contributed by atoms with E-state index in [1.165, 1.54) is 11.1 Å². The predicted molar refractivity (Wildman–Crippen MR) is 282 cm³/mol. The van der Waals surface area contributed by atoms with E-state index in [0.29, 0.717) is 0 Å². The second-order valence-corrected chi connectivity index (χ2v) is 16.8. The van der Waals surface area contributed by atoms with E-state index in [0.717, 1.165) is 100 Å². The maximum Gasteiger partial charge on any atom is 0.161 e. The van der Waals surface area contributed by atoms with Crippen LogP contribution in [-0.2, 0) is 0 Å². The number of hydrogen-bond acceptors (Lipinski definition) is 3. The van der Waals surface area contributed by atoms with Gasteiger partial charge in [-0.2, -0.15) is 0 Å². The van der Waals surface area contributed by atoms with Crippen molar-refractivity contribution in [3.05, 3.63) is 267 Å². The minimum Gasteiger partial charge on any atom is -0.453 e. The van der Waals surface area contributed by atoms with Crippen molar-refractivity contribution in [2.75, 3.05) is 9.80 Å². The average molecular weight is 857 g/mol. The summed E-state index contributed by atoms with van der Waals surface area (Å²) in [6.45, 7) is 0. The Morgan fingerprint density at radius 1 is 0.254 bits per heavy atom. The standard InChI is InChI=1S/C64H44N2O/c1-6-20-45(21-7-1)47-34-38-53(39-35-47)66(58-33-19-18-31-54(58)48-24-10-3-11-25-48)61-43-42-60(62-56-40-36-50-28-16-17-32-55(50)63(56)67-64(61)62)65(52-29-14-5-15-30-52)59-41-37-51(46-22-8-2-9-23-46)44-57(59)49-26-12-4-13-27-49/h1-44H. The van der Waals surface area contributed by atoms with Crippen LogP contribution in [0.1, 0.15) is 0 Å². The van der Waals surface area contributed by atoms with Crippen LogP contribution in [0, 0.1) is 0 Å². The lowest BCUT2D eigenvalue weighted by Crippen LogP contribution is -2.14. The van der Waals surface area contributed by atoms with E-state index >= 15 is 0 Å². The molecule has 0 radical (unpaired) electrons. The first-order chi connectivity index (χ1) is 33.3. The Kier molecular flexibility index (Phi) is 10.2. The first kappa shape index (κ1) is 39.7. The molecule has 0 spiro atoms. The zero-order chi connectivity index (χ0) is 44.5. The van der Waals surface area contributed by atoms with Crippen molar-refractivity contribution in [2.45, 2.75) is 0 Å². The number of furan rings is 1. The van der Waals surface area contributed by atoms with Gasteiger partial charge in [0.05, 0.1) is 28.1 Å². The second-order valence-electron chi connectivity index (χ2n) is 16.8. The van der Waals surface area contributed by atoms with E-state index in [4.69, 9.17) is 4.42 Å². The van der Waals surface area contributed by atoms with Crippen LogP contribution >= 0.6 is 0 Å². The van der Waals surface area contributed by atoms with Crippen LogP contribution in [0.15, 0.2) is 271 Å². The summed E-state index contributed by atoms with van der Waals surface area (Å²) < 4.78 is 7.45. The third kappa shape index (κ3) is 7.29. The van der Waals surface area contributed by atoms with Crippen LogP contribution in [0.4, 0.5) is 34.1 Å². The molecule has 12 aromatic rings. The van der Waals surface area contributed by atoms with Gasteiger partial charge in [0.1, 0.15) is 5.58 Å². The molecule has 12 rings (SSSR count). The van der Waals surface area contributed by atoms with Gasteiger partial charge in [-0.3, -0.25) is 0 Å². The Hall–Kier alpha value is -8.92. The van der Waals surface area contributed by atoms with Crippen molar-refractivity contribution in [1.29, 1.82) is 0 Å². The zero-order valence-corrected chi connectivity index (χ0v) is 36.7. The van der Waals surface area contributed by atoms with Crippen molar-refractivity contribution >= 4 is 66.8 Å². The third-order valence-corrected chi connectivity index (χ3v) is 12.9. The molecular weight excluding hydrogens is 813 g/mol. The van der Waals surface area contributed by atoms with E-state index in [1.807, 2.05) is 0 Å². The van der Waals surface area contributed by atoms with Crippen molar-refractivity contribution in [3.8, 4) is 44.5 Å². The lowest BCUT2D eigenvalue weighted by Gasteiger charge is -2.31. The molecular formula is C64H44N2O. The van der Waals surface area contributed by atoms with Crippen LogP contribution < -0.4 is 9.80 Å². The number of para-hydroxylation sites is 2. The molecule has 0 fully saturated rings. The van der Waals surface area contributed by atoms with Crippen LogP contribution in [0.25, 0.3) is 77.2 Å². The Labute approximate surface area is 390 Å². The minimum absolute atomic E-state index is 0.793. The summed E-state index contributed by atoms with van der Waals surface area (Å²) in [4.78, 5) is 4.80. The summed E-state index contributed by atoms with van der Waals surface area (Å²) >= 11 is 0. The predicted octanol–water partition coefficient (Wildman–Crippen LogP) is 18.3. The van der Waals surface area contributed by atoms with Gasteiger partial charge in [-0.1, -0.05) is 206 Å². The maximum atomic E-state index is 7.45. The van der Waals surface area contributed by atoms with E-state index in [1.54, 1.807) is 0 Å². The highest BCUT2D eigenvalue weighted by molar-refractivity contribution is 6.22. The van der Waals surface area contributed by atoms with E-state index in [9.17, 15) is 0 Å². The van der Waals surface area contributed by atoms with Gasteiger partial charge in [0.25, 0.3) is 0 Å². The molecule has 11 aromatic carbocycles. The molecule has 1 heterocycles. The van der Waals surface area contributed by atoms with Gasteiger partial charge in [0.15, 0.2) is 5.58 Å². The van der Waals surface area contributed by atoms with Crippen molar-refractivity contribution in [2.24, 2.45) is 0 Å². The molecule has 316 valence electrons. The molecule has 0 amide bonds. The highest BCUT2D eigenvalue weighted by Crippen LogP contribution is 2.52. The molecule has 0 aliphatic carbocycles. The van der Waals surface area contributed by atoms with Gasteiger partial charge in [-0.15, -0.1) is 0 Å². The fourth-order valence-electron chi connectivity index (χ4n) is 9.69. The maximum absolute atomic E-state index is 7.45. The van der Waals surface area contributed by atoms with Crippen LogP contribution in [0.3, 0.4) is 0 Å². The third-order valence-electron chi connectivity index (χ3n) is 12.9. The molecule has 3 nitrogen and oxygen atoms in total. The molecule has 0 saturated heterocycles. The van der Waals surface area contributed by atoms with Crippen molar-refractivity contribution in [3.63, 3.8) is 0 Å². The molecule has 0 atom stereocenters. The van der Waals surface area contributed by atoms with Gasteiger partial charge in [-0.25, -0.2) is 0 Å². The molecule has 1 aromatic heterocycles. The molecule has 3 heteroatoms. The largest absolute Gasteiger partial charge is 0.453 e. The molecule has 67 heavy (non-hydrogen) atoms. The Morgan fingerprint density at radius 3 is 1.40 bits per heavy atom. The first-order valence-corrected chi connectivity index (χ1v) is 22.8. The number of rotatable bonds is 10. The SMILES string of the molecule is c1ccc(-c2ccc(N(c3ccccc3-c3ccccc3)c3ccc(N(c4ccccc4)c4ccc(-c5ccccc5)cc4-c4ccccc4)c4c3oc3c5ccccc5ccc34)cc2)cc1. The van der Waals surface area contributed by atoms with Gasteiger partial charge in [0, 0.05) is 33.3 Å². The highest BCUT2D eigenvalue weighted by Gasteiger charge is 2.28. The van der Waals surface area contributed by atoms with Gasteiger partial charge >= 0.3 is 0 Å². The number of anilines is 6. The highest BCUT2D eigenvalue weighted by atomic mass is 16.3. The molecule has 0 saturated carbocycles. The Balaban J connectivity index is 1.16. The summed E-state index contributed by atoms with van der Waals surface area (Å²) in [7, 11) is 0. The summed E-state index contributed by atoms with van der Waals surface area (Å²) in [5.41, 5.74) is 16.9. The summed E-state index contributed by atoms with van der Waals surface area (Å²) in [6, 6.07) is 95.4. The average Bonchev–Trinajstić information content (AvgIpc) is 3.82. The van der Waals surface area contributed by atoms with E-state index in [-0.39, 0.29) is 0 Å². The molecule has 0 N–H and O–H groups in total. The van der Waals surface area contributed by atoms with Gasteiger partial charge in [0.2, 0.25) is 0 Å². The number of fused-ring (bicyclic) bond motifs is 5. The van der Waals surface area contributed by atoms with Crippen molar-refractivity contribution < 1.29 is 4.42 Å². The number of hydrogen-bond donors (Lipinski definition) is 0. The molecule has 0 aliphatic heterocycles. The quantitative estimate of drug-likeness (QED) is 0.137. The second kappa shape index (κ2) is 17.2. The van der Waals surface area contributed by atoms with E-state index in [2.05, 4.69) is 277 Å². The smallest absolute Gasteiger partial charge is 0.161 e. The van der Waals surface area contributed by atoms with Crippen LogP contribution in [0.5, 0.6) is 0 Å². The van der Waals surface area contributed by atoms with Gasteiger partial charge < -0.3 is 14.2 Å². The number of nitrogens with zero attached hydrogens (tertiary/aromatic N) is 2.